The van der Waals surface area contributed by atoms with E-state index in [2.05, 4.69) is 0 Å². The zero-order chi connectivity index (χ0) is 14.2. The highest BCUT2D eigenvalue weighted by Crippen LogP contribution is 2.25. The fraction of sp³-hybridized carbons (Fsp3) is 0.214. The van der Waals surface area contributed by atoms with Crippen LogP contribution in [0.4, 0.5) is 0 Å². The van der Waals surface area contributed by atoms with Gasteiger partial charge in [0.2, 0.25) is 0 Å². The molecule has 0 saturated heterocycles. The standard InChI is InChI=1S/C14H14Cl2N2O/c1-8-5-14(19)11(9(2)17)7-18(8)13-4-3-10(15)6-12(13)16/h3-7,9H,17H2,1-2H3. The number of rotatable bonds is 2. The minimum Gasteiger partial charge on any atom is -0.324 e. The monoisotopic (exact) mass is 296 g/mol. The molecule has 0 aliphatic heterocycles. The molecule has 3 nitrogen and oxygen atoms in total. The molecule has 1 heterocycles. The second kappa shape index (κ2) is 5.37. The van der Waals surface area contributed by atoms with Crippen LogP contribution in [0, 0.1) is 6.92 Å². The van der Waals surface area contributed by atoms with E-state index in [1.165, 1.54) is 0 Å². The van der Waals surface area contributed by atoms with Crippen LogP contribution < -0.4 is 11.2 Å². The SMILES string of the molecule is Cc1cc(=O)c(C(C)N)cn1-c1ccc(Cl)cc1Cl. The summed E-state index contributed by atoms with van der Waals surface area (Å²) in [5.74, 6) is 0. The van der Waals surface area contributed by atoms with Gasteiger partial charge >= 0.3 is 0 Å². The van der Waals surface area contributed by atoms with Gasteiger partial charge in [-0.05, 0) is 32.0 Å². The highest BCUT2D eigenvalue weighted by Gasteiger charge is 2.11. The number of nitrogens with two attached hydrogens (primary N) is 1. The molecule has 100 valence electrons. The summed E-state index contributed by atoms with van der Waals surface area (Å²) in [4.78, 5) is 11.9. The van der Waals surface area contributed by atoms with Crippen LogP contribution in [-0.4, -0.2) is 4.57 Å². The Labute approximate surface area is 121 Å². The first-order chi connectivity index (χ1) is 8.90. The smallest absolute Gasteiger partial charge is 0.186 e. The summed E-state index contributed by atoms with van der Waals surface area (Å²) < 4.78 is 1.85. The van der Waals surface area contributed by atoms with E-state index in [-0.39, 0.29) is 11.5 Å². The van der Waals surface area contributed by atoms with Crippen LogP contribution in [0.3, 0.4) is 0 Å². The minimum absolute atomic E-state index is 0.0613. The molecule has 0 fully saturated rings. The van der Waals surface area contributed by atoms with Crippen LogP contribution >= 0.6 is 23.2 Å². The highest BCUT2D eigenvalue weighted by molar-refractivity contribution is 6.35. The third-order valence-electron chi connectivity index (χ3n) is 2.93. The number of aryl methyl sites for hydroxylation is 1. The van der Waals surface area contributed by atoms with Crippen LogP contribution in [0.15, 0.2) is 35.3 Å². The van der Waals surface area contributed by atoms with Crippen molar-refractivity contribution >= 4 is 23.2 Å². The van der Waals surface area contributed by atoms with E-state index in [9.17, 15) is 4.79 Å². The molecule has 19 heavy (non-hydrogen) atoms. The van der Waals surface area contributed by atoms with Crippen LogP contribution in [0.5, 0.6) is 0 Å². The zero-order valence-corrected chi connectivity index (χ0v) is 12.2. The molecule has 1 aromatic heterocycles. The first kappa shape index (κ1) is 14.1. The number of benzene rings is 1. The molecule has 0 aliphatic carbocycles. The van der Waals surface area contributed by atoms with Crippen LogP contribution in [0.1, 0.15) is 24.2 Å². The van der Waals surface area contributed by atoms with E-state index >= 15 is 0 Å². The van der Waals surface area contributed by atoms with Gasteiger partial charge in [-0.15, -0.1) is 0 Å². The summed E-state index contributed by atoms with van der Waals surface area (Å²) in [5, 5.41) is 1.09. The second-order valence-electron chi connectivity index (χ2n) is 4.49. The third kappa shape index (κ3) is 2.84. The average molecular weight is 297 g/mol. The second-order valence-corrected chi connectivity index (χ2v) is 5.33. The molecule has 1 atom stereocenters. The lowest BCUT2D eigenvalue weighted by Crippen LogP contribution is -2.20. The van der Waals surface area contributed by atoms with Gasteiger partial charge in [-0.25, -0.2) is 0 Å². The summed E-state index contributed by atoms with van der Waals surface area (Å²) in [6.07, 6.45) is 1.73. The molecule has 0 spiro atoms. The fourth-order valence-corrected chi connectivity index (χ4v) is 2.42. The van der Waals surface area contributed by atoms with Crippen LogP contribution in [-0.2, 0) is 0 Å². The molecule has 2 N–H and O–H groups in total. The fourth-order valence-electron chi connectivity index (χ4n) is 1.93. The van der Waals surface area contributed by atoms with Crippen molar-refractivity contribution in [2.24, 2.45) is 5.73 Å². The van der Waals surface area contributed by atoms with Gasteiger partial charge in [0.15, 0.2) is 5.43 Å². The lowest BCUT2D eigenvalue weighted by molar-refractivity contribution is 0.786. The molecule has 0 aliphatic rings. The number of halogens is 2. The minimum atomic E-state index is -0.328. The van der Waals surface area contributed by atoms with Crippen molar-refractivity contribution in [2.75, 3.05) is 0 Å². The van der Waals surface area contributed by atoms with Crippen LogP contribution in [0.2, 0.25) is 10.0 Å². The highest BCUT2D eigenvalue weighted by atomic mass is 35.5. The summed E-state index contributed by atoms with van der Waals surface area (Å²) >= 11 is 12.1. The van der Waals surface area contributed by atoms with E-state index < -0.39 is 0 Å². The first-order valence-corrected chi connectivity index (χ1v) is 6.60. The Morgan fingerprint density at radius 3 is 2.53 bits per heavy atom. The van der Waals surface area contributed by atoms with Gasteiger partial charge in [0.25, 0.3) is 0 Å². The Hall–Kier alpha value is -1.29. The number of aromatic nitrogens is 1. The Bertz CT molecular complexity index is 678. The normalized spacial score (nSPS) is 12.5. The van der Waals surface area contributed by atoms with Crippen molar-refractivity contribution in [3.8, 4) is 5.69 Å². The third-order valence-corrected chi connectivity index (χ3v) is 3.47. The molecule has 0 radical (unpaired) electrons. The van der Waals surface area contributed by atoms with Crippen molar-refractivity contribution in [2.45, 2.75) is 19.9 Å². The van der Waals surface area contributed by atoms with Crippen molar-refractivity contribution in [1.29, 1.82) is 0 Å². The Morgan fingerprint density at radius 2 is 1.95 bits per heavy atom. The van der Waals surface area contributed by atoms with Crippen molar-refractivity contribution in [3.05, 3.63) is 62.0 Å². The van der Waals surface area contributed by atoms with Gasteiger partial charge in [0.1, 0.15) is 0 Å². The maximum absolute atomic E-state index is 11.9. The van der Waals surface area contributed by atoms with E-state index in [4.69, 9.17) is 28.9 Å². The summed E-state index contributed by atoms with van der Waals surface area (Å²) in [6, 6.07) is 6.47. The largest absolute Gasteiger partial charge is 0.324 e. The maximum atomic E-state index is 11.9. The molecule has 0 bridgehead atoms. The predicted octanol–water partition coefficient (Wildman–Crippen LogP) is 3.47. The average Bonchev–Trinajstić information content (AvgIpc) is 2.30. The van der Waals surface area contributed by atoms with E-state index in [0.717, 1.165) is 11.4 Å². The van der Waals surface area contributed by atoms with Gasteiger partial charge in [-0.1, -0.05) is 23.2 Å². The van der Waals surface area contributed by atoms with E-state index in [0.29, 0.717) is 15.6 Å². The van der Waals surface area contributed by atoms with Crippen molar-refractivity contribution in [1.82, 2.24) is 4.57 Å². The van der Waals surface area contributed by atoms with Gasteiger partial charge in [-0.2, -0.15) is 0 Å². The Kier molecular flexibility index (Phi) is 3.99. The molecule has 0 amide bonds. The molecule has 5 heteroatoms. The topological polar surface area (TPSA) is 48.0 Å². The number of pyridine rings is 1. The lowest BCUT2D eigenvalue weighted by Gasteiger charge is -2.15. The summed E-state index contributed by atoms with van der Waals surface area (Å²) in [6.45, 7) is 3.62. The quantitative estimate of drug-likeness (QED) is 0.922. The van der Waals surface area contributed by atoms with Gasteiger partial charge in [0.05, 0.1) is 10.7 Å². The molecule has 2 rings (SSSR count). The molecular weight excluding hydrogens is 283 g/mol. The predicted molar refractivity (Wildman–Crippen MR) is 79.4 cm³/mol. The Morgan fingerprint density at radius 1 is 1.26 bits per heavy atom. The van der Waals surface area contributed by atoms with E-state index in [1.54, 1.807) is 31.3 Å². The number of hydrogen-bond acceptors (Lipinski definition) is 2. The van der Waals surface area contributed by atoms with Gasteiger partial charge in [0, 0.05) is 34.6 Å². The van der Waals surface area contributed by atoms with Gasteiger partial charge < -0.3 is 10.3 Å². The Balaban J connectivity index is 2.68. The maximum Gasteiger partial charge on any atom is 0.186 e. The van der Waals surface area contributed by atoms with Crippen LogP contribution in [0.25, 0.3) is 5.69 Å². The molecule has 0 saturated carbocycles. The molecule has 2 aromatic rings. The number of hydrogen-bond donors (Lipinski definition) is 1. The molecule has 1 unspecified atom stereocenters. The summed E-state index contributed by atoms with van der Waals surface area (Å²) in [7, 11) is 0. The zero-order valence-electron chi connectivity index (χ0n) is 10.7. The van der Waals surface area contributed by atoms with Crippen molar-refractivity contribution < 1.29 is 0 Å². The summed E-state index contributed by atoms with van der Waals surface area (Å²) in [5.41, 5.74) is 7.86. The van der Waals surface area contributed by atoms with Crippen molar-refractivity contribution in [3.63, 3.8) is 0 Å². The molecule has 1 aromatic carbocycles. The molecular formula is C14H14Cl2N2O. The van der Waals surface area contributed by atoms with Gasteiger partial charge in [-0.3, -0.25) is 4.79 Å². The van der Waals surface area contributed by atoms with E-state index in [1.807, 2.05) is 17.6 Å². The number of nitrogens with zero attached hydrogens (tertiary/aromatic N) is 1. The lowest BCUT2D eigenvalue weighted by atomic mass is 10.1. The first-order valence-electron chi connectivity index (χ1n) is 5.84.